The molecule has 1 aromatic carbocycles. The van der Waals surface area contributed by atoms with Crippen LogP contribution in [-0.4, -0.2) is 39.3 Å². The number of hydrogen-bond acceptors (Lipinski definition) is 5. The lowest BCUT2D eigenvalue weighted by atomic mass is 10.1. The number of hydrogen-bond donors (Lipinski definition) is 2. The number of nitrogens with one attached hydrogen (secondary N) is 2. The Hall–Kier alpha value is -2.11. The molecule has 0 aliphatic rings. The Balaban J connectivity index is 2.82. The zero-order chi connectivity index (χ0) is 16.0. The quantitative estimate of drug-likeness (QED) is 0.841. The molecule has 0 atom stereocenters. The van der Waals surface area contributed by atoms with Crippen molar-refractivity contribution in [2.75, 3.05) is 33.2 Å². The Morgan fingerprint density at radius 2 is 1.57 bits per heavy atom. The molecule has 0 aromatic heterocycles. The van der Waals surface area contributed by atoms with Crippen molar-refractivity contribution in [3.63, 3.8) is 0 Å². The molecule has 1 aromatic rings. The SMILES string of the molecule is COc1cc(NCC(=O)NC(C)(C)C)cc(OC)c1OC. The van der Waals surface area contributed by atoms with E-state index in [0.29, 0.717) is 22.9 Å². The van der Waals surface area contributed by atoms with Crippen LogP contribution in [0.3, 0.4) is 0 Å². The lowest BCUT2D eigenvalue weighted by molar-refractivity contribution is -0.120. The number of carbonyl (C=O) groups excluding carboxylic acids is 1. The first-order valence-electron chi connectivity index (χ1n) is 6.65. The molecular formula is C15H24N2O4. The van der Waals surface area contributed by atoms with Crippen LogP contribution in [-0.2, 0) is 4.79 Å². The second-order valence-electron chi connectivity index (χ2n) is 5.57. The largest absolute Gasteiger partial charge is 0.493 e. The van der Waals surface area contributed by atoms with Crippen LogP contribution >= 0.6 is 0 Å². The van der Waals surface area contributed by atoms with Crippen LogP contribution < -0.4 is 24.8 Å². The van der Waals surface area contributed by atoms with E-state index in [1.807, 2.05) is 20.8 Å². The van der Waals surface area contributed by atoms with Crippen LogP contribution in [0.2, 0.25) is 0 Å². The number of benzene rings is 1. The van der Waals surface area contributed by atoms with Crippen LogP contribution in [0.5, 0.6) is 17.2 Å². The van der Waals surface area contributed by atoms with Gasteiger partial charge in [-0.1, -0.05) is 0 Å². The summed E-state index contributed by atoms with van der Waals surface area (Å²) in [7, 11) is 4.64. The summed E-state index contributed by atoms with van der Waals surface area (Å²) in [6.45, 7) is 5.97. The van der Waals surface area contributed by atoms with Crippen LogP contribution in [0.15, 0.2) is 12.1 Å². The molecular weight excluding hydrogens is 272 g/mol. The van der Waals surface area contributed by atoms with Crippen molar-refractivity contribution in [2.24, 2.45) is 0 Å². The summed E-state index contributed by atoms with van der Waals surface area (Å²) in [6.07, 6.45) is 0. The average Bonchev–Trinajstić information content (AvgIpc) is 2.41. The van der Waals surface area contributed by atoms with E-state index in [4.69, 9.17) is 14.2 Å². The summed E-state index contributed by atoms with van der Waals surface area (Å²) in [5.74, 6) is 1.51. The fourth-order valence-corrected chi connectivity index (χ4v) is 1.83. The molecule has 0 aliphatic heterocycles. The monoisotopic (exact) mass is 296 g/mol. The maximum atomic E-state index is 11.8. The van der Waals surface area contributed by atoms with Gasteiger partial charge < -0.3 is 24.8 Å². The first kappa shape index (κ1) is 16.9. The summed E-state index contributed by atoms with van der Waals surface area (Å²) >= 11 is 0. The summed E-state index contributed by atoms with van der Waals surface area (Å²) < 4.78 is 15.8. The maximum Gasteiger partial charge on any atom is 0.239 e. The van der Waals surface area contributed by atoms with E-state index >= 15 is 0 Å². The highest BCUT2D eigenvalue weighted by Gasteiger charge is 2.15. The molecule has 21 heavy (non-hydrogen) atoms. The average molecular weight is 296 g/mol. The fourth-order valence-electron chi connectivity index (χ4n) is 1.83. The van der Waals surface area contributed by atoms with Gasteiger partial charge in [0.25, 0.3) is 0 Å². The number of amides is 1. The van der Waals surface area contributed by atoms with E-state index in [1.165, 1.54) is 0 Å². The van der Waals surface area contributed by atoms with Crippen molar-refractivity contribution in [3.8, 4) is 17.2 Å². The van der Waals surface area contributed by atoms with E-state index in [-0.39, 0.29) is 18.0 Å². The summed E-state index contributed by atoms with van der Waals surface area (Å²) in [4.78, 5) is 11.8. The lowest BCUT2D eigenvalue weighted by Gasteiger charge is -2.21. The van der Waals surface area contributed by atoms with Gasteiger partial charge in [-0.15, -0.1) is 0 Å². The highest BCUT2D eigenvalue weighted by molar-refractivity contribution is 5.81. The molecule has 2 N–H and O–H groups in total. The van der Waals surface area contributed by atoms with Crippen LogP contribution in [0.25, 0.3) is 0 Å². The zero-order valence-electron chi connectivity index (χ0n) is 13.5. The van der Waals surface area contributed by atoms with E-state index in [1.54, 1.807) is 33.5 Å². The number of anilines is 1. The summed E-state index contributed by atoms with van der Waals surface area (Å²) in [5.41, 5.74) is 0.460. The molecule has 118 valence electrons. The molecule has 0 fully saturated rings. The number of ether oxygens (including phenoxy) is 3. The Morgan fingerprint density at radius 3 is 1.95 bits per heavy atom. The molecule has 0 radical (unpaired) electrons. The van der Waals surface area contributed by atoms with Crippen LogP contribution in [0, 0.1) is 0 Å². The molecule has 0 aliphatic carbocycles. The molecule has 0 saturated carbocycles. The Bertz CT molecular complexity index is 470. The van der Waals surface area contributed by atoms with Gasteiger partial charge in [-0.25, -0.2) is 0 Å². The van der Waals surface area contributed by atoms with Gasteiger partial charge >= 0.3 is 0 Å². The smallest absolute Gasteiger partial charge is 0.239 e. The predicted molar refractivity (Wildman–Crippen MR) is 82.5 cm³/mol. The topological polar surface area (TPSA) is 68.8 Å². The van der Waals surface area contributed by atoms with E-state index < -0.39 is 0 Å². The first-order chi connectivity index (χ1) is 9.80. The van der Waals surface area contributed by atoms with Crippen molar-refractivity contribution in [1.82, 2.24) is 5.32 Å². The molecule has 0 unspecified atom stereocenters. The Morgan fingerprint density at radius 1 is 1.05 bits per heavy atom. The number of rotatable bonds is 6. The van der Waals surface area contributed by atoms with Crippen molar-refractivity contribution >= 4 is 11.6 Å². The van der Waals surface area contributed by atoms with Gasteiger partial charge in [-0.2, -0.15) is 0 Å². The second-order valence-corrected chi connectivity index (χ2v) is 5.57. The molecule has 0 heterocycles. The van der Waals surface area contributed by atoms with Crippen molar-refractivity contribution in [2.45, 2.75) is 26.3 Å². The summed E-state index contributed by atoms with van der Waals surface area (Å²) in [5, 5.41) is 5.92. The standard InChI is InChI=1S/C15H24N2O4/c1-15(2,3)17-13(18)9-16-10-7-11(19-4)14(21-6)12(8-10)20-5/h7-8,16H,9H2,1-6H3,(H,17,18). The van der Waals surface area contributed by atoms with E-state index in [2.05, 4.69) is 10.6 Å². The number of carbonyl (C=O) groups is 1. The van der Waals surface area contributed by atoms with Gasteiger partial charge in [-0.3, -0.25) is 4.79 Å². The molecule has 0 spiro atoms. The highest BCUT2D eigenvalue weighted by Crippen LogP contribution is 2.39. The van der Waals surface area contributed by atoms with Gasteiger partial charge in [-0.05, 0) is 20.8 Å². The van der Waals surface area contributed by atoms with Crippen LogP contribution in [0.4, 0.5) is 5.69 Å². The zero-order valence-corrected chi connectivity index (χ0v) is 13.5. The fraction of sp³-hybridized carbons (Fsp3) is 0.533. The third kappa shape index (κ3) is 5.06. The molecule has 1 rings (SSSR count). The normalized spacial score (nSPS) is 10.8. The van der Waals surface area contributed by atoms with Gasteiger partial charge in [0.1, 0.15) is 0 Å². The first-order valence-corrected chi connectivity index (χ1v) is 6.65. The van der Waals surface area contributed by atoms with Gasteiger partial charge in [0.05, 0.1) is 27.9 Å². The third-order valence-corrected chi connectivity index (χ3v) is 2.63. The van der Waals surface area contributed by atoms with Gasteiger partial charge in [0.2, 0.25) is 11.7 Å². The van der Waals surface area contributed by atoms with E-state index in [9.17, 15) is 4.79 Å². The van der Waals surface area contributed by atoms with Gasteiger partial charge in [0, 0.05) is 23.4 Å². The lowest BCUT2D eigenvalue weighted by Crippen LogP contribution is -2.43. The van der Waals surface area contributed by atoms with Gasteiger partial charge in [0.15, 0.2) is 11.5 Å². The Labute approximate surface area is 125 Å². The van der Waals surface area contributed by atoms with E-state index in [0.717, 1.165) is 0 Å². The molecule has 6 heteroatoms. The second kappa shape index (κ2) is 7.06. The van der Waals surface area contributed by atoms with Crippen molar-refractivity contribution in [1.29, 1.82) is 0 Å². The minimum atomic E-state index is -0.256. The number of methoxy groups -OCH3 is 3. The molecule has 0 saturated heterocycles. The summed E-state index contributed by atoms with van der Waals surface area (Å²) in [6, 6.07) is 3.51. The minimum absolute atomic E-state index is 0.0868. The molecule has 0 bridgehead atoms. The predicted octanol–water partition coefficient (Wildman–Crippen LogP) is 2.04. The van der Waals surface area contributed by atoms with Crippen molar-refractivity contribution < 1.29 is 19.0 Å². The molecule has 6 nitrogen and oxygen atoms in total. The highest BCUT2D eigenvalue weighted by atomic mass is 16.5. The minimum Gasteiger partial charge on any atom is -0.493 e. The third-order valence-electron chi connectivity index (χ3n) is 2.63. The maximum absolute atomic E-state index is 11.8. The van der Waals surface area contributed by atoms with Crippen molar-refractivity contribution in [3.05, 3.63) is 12.1 Å². The Kier molecular flexibility index (Phi) is 5.69. The van der Waals surface area contributed by atoms with Crippen LogP contribution in [0.1, 0.15) is 20.8 Å². The molecule has 1 amide bonds.